The van der Waals surface area contributed by atoms with Crippen molar-refractivity contribution < 1.29 is 9.47 Å². The summed E-state index contributed by atoms with van der Waals surface area (Å²) in [5, 5.41) is 0. The first-order chi connectivity index (χ1) is 69.6. The van der Waals surface area contributed by atoms with Crippen molar-refractivity contribution in [2.45, 2.75) is 59.9 Å². The SMILES string of the molecule is Cc1cc(C)c(B2c3cc(-c4ccccc4)cc4c3N3c5c(cc(-c6ccccc6)cc5Sc5cc(-c6ccccc6)cc2c53)S4)c(C)c1.c1ccc(B2c3cc(-c4ccccc4)cc4c3N3c5c(cc(-c6ccccc6)cc5Oc5cc(-c6ccccc6)cc2c53)O4)cc1.c1ccc(B2c3cc(-c4ccccc4)cc4c3N3c5c(cc(-c6ccccc6)cc5Sc5cc(-c6ccccc6)cc2c53)S4)cc1. The fourth-order valence-electron chi connectivity index (χ4n) is 23.2. The predicted molar refractivity (Wildman–Crippen MR) is 596 cm³/mol. The van der Waals surface area contributed by atoms with Crippen molar-refractivity contribution in [3.05, 3.63) is 472 Å². The first-order valence-corrected chi connectivity index (χ1v) is 51.6. The van der Waals surface area contributed by atoms with Crippen molar-refractivity contribution in [2.24, 2.45) is 0 Å². The molecule has 0 atom stereocenters. The first-order valence-electron chi connectivity index (χ1n) is 48.4. The molecule has 5 nitrogen and oxygen atoms in total. The van der Waals surface area contributed by atoms with E-state index in [0.717, 1.165) is 73.4 Å². The Morgan fingerprint density at radius 2 is 0.355 bits per heavy atom. The van der Waals surface area contributed by atoms with Crippen molar-refractivity contribution in [1.29, 1.82) is 0 Å². The van der Waals surface area contributed by atoms with Crippen LogP contribution in [0.5, 0.6) is 23.0 Å². The molecule has 0 unspecified atom stereocenters. The molecule has 660 valence electrons. The maximum atomic E-state index is 6.93. The average molecular weight is 1870 g/mol. The molecule has 0 fully saturated rings. The zero-order valence-corrected chi connectivity index (χ0v) is 80.6. The lowest BCUT2D eigenvalue weighted by Gasteiger charge is -2.46. The molecule has 9 heterocycles. The second-order valence-corrected chi connectivity index (χ2v) is 42.1. The van der Waals surface area contributed by atoms with E-state index in [-0.39, 0.29) is 20.1 Å². The smallest absolute Gasteiger partial charge is 0.247 e. The van der Waals surface area contributed by atoms with Crippen LogP contribution in [0.1, 0.15) is 16.7 Å². The summed E-state index contributed by atoms with van der Waals surface area (Å²) in [7, 11) is 0. The minimum absolute atomic E-state index is 0.0221. The van der Waals surface area contributed by atoms with Crippen LogP contribution in [-0.2, 0) is 0 Å². The molecule has 0 saturated carbocycles. The molecule has 21 aromatic rings. The van der Waals surface area contributed by atoms with Crippen LogP contribution in [0.15, 0.2) is 494 Å². The standard InChI is InChI=1S/C45H32BNS2.C42H26BNO2.C42H26BNS2/c1-27-19-28(2)42(29(3)20-27)46-36-21-33(30-13-7-4-8-14-30)23-38-43(36)47-44-37(46)22-34(31-15-9-5-10-16-31)24-39(44)49-41-26-35(25-40(48-38)45(41)47)32-17-11-6-12-18-32;2*1-5-13-27(14-6-1)30-21-34-40-36(23-30)45-38-25-32(29-17-9-3-10-18-29)26-39-42(38)44(40)41-35(43(34)33-19-11-4-12-20-33)22-31(24-37(41)46-39)28-15-7-2-8-16-28/h4-26H,1-3H3;2*1-26H. The number of anilines is 9. The van der Waals surface area contributed by atoms with Crippen LogP contribution in [-0.4, -0.2) is 20.1 Å². The average Bonchev–Trinajstić information content (AvgIpc) is 0.694. The Labute approximate surface area is 839 Å². The highest BCUT2D eigenvalue weighted by Crippen LogP contribution is 2.66. The quantitative estimate of drug-likeness (QED) is 0.111. The van der Waals surface area contributed by atoms with Gasteiger partial charge >= 0.3 is 0 Å². The summed E-state index contributed by atoms with van der Waals surface area (Å²) in [5.41, 5.74) is 48.9. The number of benzene rings is 21. The first kappa shape index (κ1) is 83.4. The molecule has 141 heavy (non-hydrogen) atoms. The number of nitrogens with zero attached hydrogens (tertiary/aromatic N) is 3. The highest BCUT2D eigenvalue weighted by atomic mass is 32.2. The van der Waals surface area contributed by atoms with Gasteiger partial charge in [0.05, 0.1) is 45.5 Å². The van der Waals surface area contributed by atoms with E-state index in [0.29, 0.717) is 0 Å². The summed E-state index contributed by atoms with van der Waals surface area (Å²) in [6.07, 6.45) is 0. The van der Waals surface area contributed by atoms with Gasteiger partial charge in [-0.3, -0.25) is 4.90 Å². The Morgan fingerprint density at radius 1 is 0.170 bits per heavy atom. The molecule has 0 spiro atoms. The summed E-state index contributed by atoms with van der Waals surface area (Å²) < 4.78 is 13.9. The van der Waals surface area contributed by atoms with Crippen molar-refractivity contribution >= 4 is 168 Å². The minimum Gasteiger partial charge on any atom is -0.453 e. The second kappa shape index (κ2) is 33.8. The van der Waals surface area contributed by atoms with Crippen LogP contribution in [0.3, 0.4) is 0 Å². The second-order valence-electron chi connectivity index (χ2n) is 37.8. The molecule has 0 N–H and O–H groups in total. The van der Waals surface area contributed by atoms with Crippen LogP contribution in [0.2, 0.25) is 0 Å². The Balaban J connectivity index is 0.000000104. The minimum atomic E-state index is -0.0221. The summed E-state index contributed by atoms with van der Waals surface area (Å²) in [5.74, 6) is 3.29. The van der Waals surface area contributed by atoms with Gasteiger partial charge < -0.3 is 19.3 Å². The lowest BCUT2D eigenvalue weighted by Crippen LogP contribution is -2.59. The molecular formula is C129H84B3N3O2S4. The van der Waals surface area contributed by atoms with E-state index < -0.39 is 0 Å². The number of ether oxygens (including phenoxy) is 2. The van der Waals surface area contributed by atoms with Crippen LogP contribution in [0.4, 0.5) is 51.2 Å². The summed E-state index contributed by atoms with van der Waals surface area (Å²) in [4.78, 5) is 18.2. The fourth-order valence-corrected chi connectivity index (χ4v) is 28.2. The predicted octanol–water partition coefficient (Wildman–Crippen LogP) is 30.0. The molecule has 0 saturated heterocycles. The normalized spacial score (nSPS) is 13.3. The largest absolute Gasteiger partial charge is 0.453 e. The zero-order valence-electron chi connectivity index (χ0n) is 77.3. The molecule has 0 amide bonds. The van der Waals surface area contributed by atoms with Gasteiger partial charge in [0.25, 0.3) is 0 Å². The van der Waals surface area contributed by atoms with Gasteiger partial charge in [0.15, 0.2) is 23.0 Å². The molecule has 0 bridgehead atoms. The Kier molecular flexibility index (Phi) is 20.0. The van der Waals surface area contributed by atoms with Crippen LogP contribution < -0.4 is 73.3 Å². The maximum absolute atomic E-state index is 6.93. The topological polar surface area (TPSA) is 28.2 Å². The Bertz CT molecular complexity index is 7980. The van der Waals surface area contributed by atoms with Crippen LogP contribution in [0.25, 0.3) is 100 Å². The third-order valence-electron chi connectivity index (χ3n) is 29.2. The van der Waals surface area contributed by atoms with E-state index in [1.165, 1.54) is 206 Å². The van der Waals surface area contributed by atoms with Gasteiger partial charge in [0.1, 0.15) is 5.69 Å². The molecule has 9 aliphatic heterocycles. The van der Waals surface area contributed by atoms with E-state index in [1.807, 2.05) is 53.1 Å². The van der Waals surface area contributed by atoms with Gasteiger partial charge in [-0.15, -0.1) is 0 Å². The molecule has 21 aromatic carbocycles. The van der Waals surface area contributed by atoms with Crippen molar-refractivity contribution in [3.63, 3.8) is 0 Å². The van der Waals surface area contributed by atoms with E-state index in [2.05, 4.69) is 484 Å². The molecule has 12 heteroatoms. The van der Waals surface area contributed by atoms with E-state index in [9.17, 15) is 0 Å². The highest BCUT2D eigenvalue weighted by molar-refractivity contribution is 8.01. The zero-order chi connectivity index (χ0) is 93.2. The van der Waals surface area contributed by atoms with Crippen molar-refractivity contribution in [3.8, 4) is 123 Å². The lowest BCUT2D eigenvalue weighted by atomic mass is 9.33. The molecule has 0 radical (unpaired) electrons. The van der Waals surface area contributed by atoms with Crippen LogP contribution in [0, 0.1) is 20.8 Å². The summed E-state index contributed by atoms with van der Waals surface area (Å²) >= 11 is 7.73. The maximum Gasteiger partial charge on any atom is 0.247 e. The number of aryl methyl sites for hydroxylation is 3. The van der Waals surface area contributed by atoms with Gasteiger partial charge in [-0.25, -0.2) is 0 Å². The summed E-state index contributed by atoms with van der Waals surface area (Å²) in [6, 6.07) is 166. The van der Waals surface area contributed by atoms with Gasteiger partial charge in [-0.2, -0.15) is 0 Å². The van der Waals surface area contributed by atoms with Crippen molar-refractivity contribution in [2.75, 3.05) is 14.7 Å². The van der Waals surface area contributed by atoms with E-state index in [4.69, 9.17) is 9.47 Å². The molecule has 0 aromatic heterocycles. The van der Waals surface area contributed by atoms with E-state index >= 15 is 0 Å². The molecule has 0 aliphatic carbocycles. The Morgan fingerprint density at radius 3 is 0.603 bits per heavy atom. The Hall–Kier alpha value is -15.8. The van der Waals surface area contributed by atoms with Crippen molar-refractivity contribution in [1.82, 2.24) is 0 Å². The summed E-state index contributed by atoms with van der Waals surface area (Å²) in [6.45, 7) is 7.03. The monoisotopic (exact) mass is 1870 g/mol. The number of hydrogen-bond acceptors (Lipinski definition) is 9. The number of hydrogen-bond donors (Lipinski definition) is 0. The van der Waals surface area contributed by atoms with E-state index in [1.54, 1.807) is 0 Å². The van der Waals surface area contributed by atoms with Gasteiger partial charge in [0.2, 0.25) is 20.1 Å². The third kappa shape index (κ3) is 14.0. The van der Waals surface area contributed by atoms with Gasteiger partial charge in [-0.05, 0) is 226 Å². The molecule has 30 rings (SSSR count). The highest BCUT2D eigenvalue weighted by Gasteiger charge is 2.50. The molecular weight excluding hydrogens is 1780 g/mol. The molecule has 9 aliphatic rings. The lowest BCUT2D eigenvalue weighted by molar-refractivity contribution is 0.447. The van der Waals surface area contributed by atoms with Gasteiger partial charge in [0, 0.05) is 39.2 Å². The van der Waals surface area contributed by atoms with Crippen LogP contribution >= 0.6 is 47.0 Å². The fraction of sp³-hybridized carbons (Fsp3) is 0.0233. The number of rotatable bonds is 12. The van der Waals surface area contributed by atoms with Gasteiger partial charge in [-0.1, -0.05) is 462 Å². The third-order valence-corrected chi connectivity index (χ3v) is 33.5.